The van der Waals surface area contributed by atoms with Gasteiger partial charge in [0.2, 0.25) is 5.95 Å². The highest BCUT2D eigenvalue weighted by atomic mass is 32.1. The normalized spacial score (nSPS) is 12.8. The molecule has 3 rings (SSSR count). The van der Waals surface area contributed by atoms with Gasteiger partial charge in [0.15, 0.2) is 0 Å². The SMILES string of the molecule is CCC(NCc1ccc(-c2nc(NCCCN(C)C)nc3ccsc23)cc1)N(C)C. The number of nitrogens with zero attached hydrogens (tertiary/aromatic N) is 4. The van der Waals surface area contributed by atoms with Crippen LogP contribution in [0.15, 0.2) is 35.7 Å². The number of thiophene rings is 1. The predicted molar refractivity (Wildman–Crippen MR) is 129 cm³/mol. The van der Waals surface area contributed by atoms with Crippen LogP contribution in [-0.4, -0.2) is 67.2 Å². The molecule has 0 saturated carbocycles. The van der Waals surface area contributed by atoms with Crippen molar-refractivity contribution in [1.82, 2.24) is 25.1 Å². The van der Waals surface area contributed by atoms with Crippen molar-refractivity contribution in [2.45, 2.75) is 32.5 Å². The van der Waals surface area contributed by atoms with Crippen molar-refractivity contribution < 1.29 is 0 Å². The minimum absolute atomic E-state index is 0.387. The zero-order valence-electron chi connectivity index (χ0n) is 18.8. The Morgan fingerprint density at radius 3 is 2.47 bits per heavy atom. The molecule has 0 bridgehead atoms. The minimum atomic E-state index is 0.387. The van der Waals surface area contributed by atoms with Crippen LogP contribution in [0.25, 0.3) is 21.5 Å². The molecule has 0 fully saturated rings. The molecule has 0 spiro atoms. The van der Waals surface area contributed by atoms with Crippen LogP contribution in [0.4, 0.5) is 5.95 Å². The standard InChI is InChI=1S/C23H34N6S/c1-6-20(29(4)5)25-16-17-8-10-18(11-9-17)21-22-19(12-15-30-22)26-23(27-21)24-13-7-14-28(2)3/h8-12,15,20,25H,6-7,13-14,16H2,1-5H3,(H,24,26,27). The number of hydrogen-bond acceptors (Lipinski definition) is 7. The van der Waals surface area contributed by atoms with Gasteiger partial charge in [0, 0.05) is 18.7 Å². The summed E-state index contributed by atoms with van der Waals surface area (Å²) in [5.74, 6) is 0.706. The number of nitrogens with one attached hydrogen (secondary N) is 2. The lowest BCUT2D eigenvalue weighted by Gasteiger charge is -2.24. The van der Waals surface area contributed by atoms with Crippen LogP contribution in [0.2, 0.25) is 0 Å². The van der Waals surface area contributed by atoms with Crippen LogP contribution < -0.4 is 10.6 Å². The Morgan fingerprint density at radius 2 is 1.80 bits per heavy atom. The summed E-state index contributed by atoms with van der Waals surface area (Å²) in [4.78, 5) is 13.9. The summed E-state index contributed by atoms with van der Waals surface area (Å²) in [6.45, 7) is 4.97. The van der Waals surface area contributed by atoms with E-state index >= 15 is 0 Å². The van der Waals surface area contributed by atoms with E-state index in [0.29, 0.717) is 12.1 Å². The maximum Gasteiger partial charge on any atom is 0.223 e. The lowest BCUT2D eigenvalue weighted by atomic mass is 10.1. The average Bonchev–Trinajstić information content (AvgIpc) is 3.20. The Morgan fingerprint density at radius 1 is 1.03 bits per heavy atom. The maximum atomic E-state index is 4.85. The van der Waals surface area contributed by atoms with Gasteiger partial charge in [-0.1, -0.05) is 31.2 Å². The second-order valence-corrected chi connectivity index (χ2v) is 9.00. The zero-order chi connectivity index (χ0) is 21.5. The predicted octanol–water partition coefficient (Wildman–Crippen LogP) is 4.11. The van der Waals surface area contributed by atoms with E-state index in [1.807, 2.05) is 0 Å². The molecule has 2 N–H and O–H groups in total. The number of benzene rings is 1. The van der Waals surface area contributed by atoms with Gasteiger partial charge >= 0.3 is 0 Å². The van der Waals surface area contributed by atoms with E-state index in [4.69, 9.17) is 9.97 Å². The Bertz CT molecular complexity index is 919. The van der Waals surface area contributed by atoms with Crippen LogP contribution in [0.3, 0.4) is 0 Å². The van der Waals surface area contributed by atoms with E-state index in [2.05, 4.69) is 91.3 Å². The highest BCUT2D eigenvalue weighted by Gasteiger charge is 2.12. The maximum absolute atomic E-state index is 4.85. The smallest absolute Gasteiger partial charge is 0.223 e. The minimum Gasteiger partial charge on any atom is -0.354 e. The molecule has 0 amide bonds. The molecule has 0 radical (unpaired) electrons. The molecule has 0 saturated heterocycles. The molecule has 0 aliphatic carbocycles. The summed E-state index contributed by atoms with van der Waals surface area (Å²) in [5, 5.41) is 9.09. The first-order valence-corrected chi connectivity index (χ1v) is 11.5. The van der Waals surface area contributed by atoms with Gasteiger partial charge in [-0.15, -0.1) is 11.3 Å². The fourth-order valence-electron chi connectivity index (χ4n) is 3.44. The van der Waals surface area contributed by atoms with Gasteiger partial charge in [-0.05, 0) is 64.6 Å². The molecule has 2 heterocycles. The Labute approximate surface area is 184 Å². The third-order valence-corrected chi connectivity index (χ3v) is 6.06. The molecule has 30 heavy (non-hydrogen) atoms. The van der Waals surface area contributed by atoms with E-state index in [9.17, 15) is 0 Å². The van der Waals surface area contributed by atoms with E-state index in [1.54, 1.807) is 11.3 Å². The Balaban J connectivity index is 1.74. The van der Waals surface area contributed by atoms with E-state index in [0.717, 1.165) is 53.9 Å². The molecule has 0 aliphatic rings. The van der Waals surface area contributed by atoms with Gasteiger partial charge in [0.25, 0.3) is 0 Å². The van der Waals surface area contributed by atoms with Gasteiger partial charge in [-0.3, -0.25) is 10.2 Å². The van der Waals surface area contributed by atoms with Crippen molar-refractivity contribution in [3.8, 4) is 11.3 Å². The van der Waals surface area contributed by atoms with Crippen LogP contribution in [0.1, 0.15) is 25.3 Å². The molecule has 7 heteroatoms. The van der Waals surface area contributed by atoms with Crippen molar-refractivity contribution >= 4 is 27.5 Å². The summed E-state index contributed by atoms with van der Waals surface area (Å²) in [7, 11) is 8.40. The first kappa shape index (κ1) is 22.6. The van der Waals surface area contributed by atoms with Crippen molar-refractivity contribution in [1.29, 1.82) is 0 Å². The fraction of sp³-hybridized carbons (Fsp3) is 0.478. The molecule has 1 unspecified atom stereocenters. The van der Waals surface area contributed by atoms with Crippen molar-refractivity contribution in [3.63, 3.8) is 0 Å². The van der Waals surface area contributed by atoms with Crippen LogP contribution in [0, 0.1) is 0 Å². The molecule has 1 atom stereocenters. The lowest BCUT2D eigenvalue weighted by Crippen LogP contribution is -2.40. The van der Waals surface area contributed by atoms with Crippen molar-refractivity contribution in [2.24, 2.45) is 0 Å². The number of anilines is 1. The van der Waals surface area contributed by atoms with Crippen LogP contribution in [0.5, 0.6) is 0 Å². The Kier molecular flexibility index (Phi) is 8.16. The summed E-state index contributed by atoms with van der Waals surface area (Å²) in [5.41, 5.74) is 4.41. The molecule has 1 aromatic carbocycles. The van der Waals surface area contributed by atoms with Gasteiger partial charge in [0.1, 0.15) is 0 Å². The first-order valence-electron chi connectivity index (χ1n) is 10.6. The molecular weight excluding hydrogens is 392 g/mol. The van der Waals surface area contributed by atoms with E-state index in [-0.39, 0.29) is 0 Å². The average molecular weight is 427 g/mol. The molecule has 2 aromatic heterocycles. The fourth-order valence-corrected chi connectivity index (χ4v) is 4.28. The highest BCUT2D eigenvalue weighted by molar-refractivity contribution is 7.17. The third-order valence-electron chi connectivity index (χ3n) is 5.15. The van der Waals surface area contributed by atoms with Crippen LogP contribution >= 0.6 is 11.3 Å². The largest absolute Gasteiger partial charge is 0.354 e. The van der Waals surface area contributed by atoms with Gasteiger partial charge < -0.3 is 10.2 Å². The second-order valence-electron chi connectivity index (χ2n) is 8.08. The van der Waals surface area contributed by atoms with Crippen molar-refractivity contribution in [2.75, 3.05) is 46.6 Å². The number of hydrogen-bond donors (Lipinski definition) is 2. The van der Waals surface area contributed by atoms with Gasteiger partial charge in [-0.2, -0.15) is 0 Å². The molecule has 162 valence electrons. The Hall–Kier alpha value is -2.06. The molecule has 3 aromatic rings. The number of rotatable bonds is 11. The van der Waals surface area contributed by atoms with Crippen LogP contribution in [-0.2, 0) is 6.54 Å². The monoisotopic (exact) mass is 426 g/mol. The summed E-state index contributed by atoms with van der Waals surface area (Å²) in [6.07, 6.45) is 2.52. The highest BCUT2D eigenvalue weighted by Crippen LogP contribution is 2.31. The van der Waals surface area contributed by atoms with E-state index < -0.39 is 0 Å². The molecule has 6 nitrogen and oxygen atoms in total. The molecule has 0 aliphatic heterocycles. The van der Waals surface area contributed by atoms with Crippen molar-refractivity contribution in [3.05, 3.63) is 41.3 Å². The van der Waals surface area contributed by atoms with E-state index in [1.165, 1.54) is 5.56 Å². The summed E-state index contributed by atoms with van der Waals surface area (Å²) < 4.78 is 1.14. The topological polar surface area (TPSA) is 56.3 Å². The number of aromatic nitrogens is 2. The number of fused-ring (bicyclic) bond motifs is 1. The first-order chi connectivity index (χ1) is 14.5. The molecular formula is C23H34N6S. The zero-order valence-corrected chi connectivity index (χ0v) is 19.6. The van der Waals surface area contributed by atoms with Gasteiger partial charge in [-0.25, -0.2) is 9.97 Å². The third kappa shape index (κ3) is 5.98. The van der Waals surface area contributed by atoms with Gasteiger partial charge in [0.05, 0.1) is 22.1 Å². The second kappa shape index (κ2) is 10.8. The lowest BCUT2D eigenvalue weighted by molar-refractivity contribution is 0.237. The quantitative estimate of drug-likeness (QED) is 0.355. The summed E-state index contributed by atoms with van der Waals surface area (Å²) >= 11 is 1.70. The summed E-state index contributed by atoms with van der Waals surface area (Å²) in [6, 6.07) is 10.8.